The zero-order chi connectivity index (χ0) is 27.2. The lowest BCUT2D eigenvalue weighted by atomic mass is 10.1. The fourth-order valence-electron chi connectivity index (χ4n) is 3.17. The van der Waals surface area contributed by atoms with Crippen molar-refractivity contribution in [2.24, 2.45) is 5.73 Å². The summed E-state index contributed by atoms with van der Waals surface area (Å²) >= 11 is 6.88. The summed E-state index contributed by atoms with van der Waals surface area (Å²) in [5, 5.41) is 4.24. The van der Waals surface area contributed by atoms with Crippen LogP contribution < -0.4 is 11.1 Å². The van der Waals surface area contributed by atoms with E-state index in [1.165, 1.54) is 30.3 Å². The number of benzene rings is 1. The Balaban J connectivity index is 0.000000555. The summed E-state index contributed by atoms with van der Waals surface area (Å²) in [6, 6.07) is 10.3. The lowest BCUT2D eigenvalue weighted by Gasteiger charge is -2.36. The highest BCUT2D eigenvalue weighted by Crippen LogP contribution is 2.28. The van der Waals surface area contributed by atoms with E-state index in [2.05, 4.69) is 10.3 Å². The van der Waals surface area contributed by atoms with Crippen molar-refractivity contribution >= 4 is 57.0 Å². The summed E-state index contributed by atoms with van der Waals surface area (Å²) < 4.78 is 31.3. The predicted molar refractivity (Wildman–Crippen MR) is 134 cm³/mol. The number of amides is 5. The van der Waals surface area contributed by atoms with Crippen LogP contribution in [0.2, 0.25) is 5.02 Å². The highest BCUT2D eigenvalue weighted by molar-refractivity contribution is 7.84. The Morgan fingerprint density at radius 1 is 1.14 bits per heavy atom. The van der Waals surface area contributed by atoms with Gasteiger partial charge in [-0.3, -0.25) is 23.9 Å². The molecule has 0 radical (unpaired) electrons. The van der Waals surface area contributed by atoms with Crippen molar-refractivity contribution < 1.29 is 32.1 Å². The topological polar surface area (TPSA) is 180 Å². The van der Waals surface area contributed by atoms with Gasteiger partial charge >= 0.3 is 16.3 Å². The predicted octanol–water partition coefficient (Wildman–Crippen LogP) is 1.88. The molecule has 1 saturated heterocycles. The quantitative estimate of drug-likeness (QED) is 0.299. The normalized spacial score (nSPS) is 15.5. The monoisotopic (exact) mass is 565 g/mol. The number of carbonyl (C=O) groups is 4. The summed E-state index contributed by atoms with van der Waals surface area (Å²) in [4.78, 5) is 54.7. The van der Waals surface area contributed by atoms with Crippen LogP contribution in [0.4, 0.5) is 4.79 Å². The fraction of sp³-hybridized carbons (Fsp3) is 0.136. The number of aromatic nitrogens is 1. The van der Waals surface area contributed by atoms with Crippen LogP contribution in [0.5, 0.6) is 0 Å². The van der Waals surface area contributed by atoms with Gasteiger partial charge in [-0.15, -0.1) is 11.3 Å². The van der Waals surface area contributed by atoms with Gasteiger partial charge in [0.1, 0.15) is 6.04 Å². The van der Waals surface area contributed by atoms with Crippen LogP contribution in [0.1, 0.15) is 21.3 Å². The molecule has 2 aromatic heterocycles. The SMILES string of the molecule is NC(=O)N(C(=O)c1ccc(Cl)cc1)C(C(=O)NC1CN(S(=O)(=O)O)C1=O)c1cccs1.c1ccncc1. The molecule has 3 heterocycles. The number of urea groups is 1. The molecule has 1 aliphatic rings. The first kappa shape index (κ1) is 27.7. The van der Waals surface area contributed by atoms with Crippen LogP contribution in [-0.2, 0) is 19.9 Å². The number of imide groups is 1. The Hall–Kier alpha value is -3.85. The molecule has 4 rings (SSSR count). The molecule has 3 aromatic rings. The van der Waals surface area contributed by atoms with Crippen molar-refractivity contribution in [2.45, 2.75) is 12.1 Å². The number of primary amides is 1. The minimum absolute atomic E-state index is 0.0369. The number of nitrogens with one attached hydrogen (secondary N) is 1. The standard InChI is InChI=1S/C17H15ClN4O7S2.C5H5N/c18-10-5-3-9(4-6-10)15(24)22(17(19)26)13(12-2-1-7-30-12)14(23)20-11-8-21(16(11)25)31(27,28)29;1-2-4-6-5-3-1/h1-7,11,13H,8H2,(H2,19,26)(H,20,23)(H,27,28,29);1-5H. The second-order valence-corrected chi connectivity index (χ2v) is 10.1. The summed E-state index contributed by atoms with van der Waals surface area (Å²) in [5.74, 6) is -2.87. The van der Waals surface area contributed by atoms with Gasteiger partial charge in [-0.25, -0.2) is 14.0 Å². The number of hydrogen-bond donors (Lipinski definition) is 3. The van der Waals surface area contributed by atoms with Gasteiger partial charge in [0, 0.05) is 27.9 Å². The number of nitrogens with two attached hydrogens (primary N) is 1. The molecule has 0 aliphatic carbocycles. The Morgan fingerprint density at radius 3 is 2.22 bits per heavy atom. The van der Waals surface area contributed by atoms with Gasteiger partial charge in [-0.05, 0) is 47.8 Å². The number of nitrogens with zero attached hydrogens (tertiary/aromatic N) is 3. The first-order valence-electron chi connectivity index (χ1n) is 10.4. The lowest BCUT2D eigenvalue weighted by Crippen LogP contribution is -2.66. The van der Waals surface area contributed by atoms with Gasteiger partial charge in [-0.1, -0.05) is 23.7 Å². The maximum absolute atomic E-state index is 13.0. The van der Waals surface area contributed by atoms with E-state index in [4.69, 9.17) is 21.9 Å². The first-order valence-corrected chi connectivity index (χ1v) is 13.0. The first-order chi connectivity index (χ1) is 17.5. The minimum atomic E-state index is -4.75. The second-order valence-electron chi connectivity index (χ2n) is 7.37. The Labute approximate surface area is 220 Å². The van der Waals surface area contributed by atoms with Crippen LogP contribution in [0.3, 0.4) is 0 Å². The van der Waals surface area contributed by atoms with Gasteiger partial charge in [0.25, 0.3) is 11.8 Å². The van der Waals surface area contributed by atoms with Crippen LogP contribution in [0.25, 0.3) is 0 Å². The number of β-lactam (4-membered cyclic amide) rings is 1. The highest BCUT2D eigenvalue weighted by Gasteiger charge is 2.46. The Kier molecular flexibility index (Phi) is 8.94. The van der Waals surface area contributed by atoms with Crippen molar-refractivity contribution in [3.63, 3.8) is 0 Å². The average Bonchev–Trinajstić information content (AvgIpc) is 3.39. The molecule has 194 valence electrons. The van der Waals surface area contributed by atoms with Gasteiger partial charge in [0.15, 0.2) is 6.04 Å². The summed E-state index contributed by atoms with van der Waals surface area (Å²) in [5.41, 5.74) is 5.45. The number of halogens is 1. The molecule has 1 aromatic carbocycles. The van der Waals surface area contributed by atoms with Gasteiger partial charge in [-0.2, -0.15) is 8.42 Å². The smallest absolute Gasteiger partial charge is 0.351 e. The van der Waals surface area contributed by atoms with E-state index in [1.807, 2.05) is 18.2 Å². The molecule has 2 unspecified atom stereocenters. The van der Waals surface area contributed by atoms with Gasteiger partial charge in [0.05, 0.1) is 6.54 Å². The third kappa shape index (κ3) is 6.89. The summed E-state index contributed by atoms with van der Waals surface area (Å²) in [6.45, 7) is -0.498. The highest BCUT2D eigenvalue weighted by atomic mass is 35.5. The largest absolute Gasteiger partial charge is 0.362 e. The molecule has 37 heavy (non-hydrogen) atoms. The third-order valence-electron chi connectivity index (χ3n) is 4.92. The summed E-state index contributed by atoms with van der Waals surface area (Å²) in [7, 11) is -4.75. The van der Waals surface area contributed by atoms with Crippen molar-refractivity contribution in [3.05, 3.63) is 87.8 Å². The van der Waals surface area contributed by atoms with Crippen molar-refractivity contribution in [2.75, 3.05) is 6.54 Å². The lowest BCUT2D eigenvalue weighted by molar-refractivity contribution is -0.141. The molecule has 2 atom stereocenters. The van der Waals surface area contributed by atoms with Crippen LogP contribution >= 0.6 is 22.9 Å². The molecule has 15 heteroatoms. The third-order valence-corrected chi connectivity index (χ3v) is 6.98. The van der Waals surface area contributed by atoms with Gasteiger partial charge in [0.2, 0.25) is 5.91 Å². The molecule has 12 nitrogen and oxygen atoms in total. The van der Waals surface area contributed by atoms with Crippen LogP contribution in [0, 0.1) is 0 Å². The molecular weight excluding hydrogens is 546 g/mol. The van der Waals surface area contributed by atoms with Crippen molar-refractivity contribution in [1.29, 1.82) is 0 Å². The van der Waals surface area contributed by atoms with Crippen molar-refractivity contribution in [3.8, 4) is 0 Å². The number of thiophene rings is 1. The minimum Gasteiger partial charge on any atom is -0.351 e. The van der Waals surface area contributed by atoms with E-state index < -0.39 is 52.7 Å². The fourth-order valence-corrected chi connectivity index (χ4v) is 4.80. The van der Waals surface area contributed by atoms with Crippen LogP contribution in [0.15, 0.2) is 72.4 Å². The number of pyridine rings is 1. The van der Waals surface area contributed by atoms with Crippen molar-refractivity contribution in [1.82, 2.24) is 19.5 Å². The zero-order valence-corrected chi connectivity index (χ0v) is 21.2. The molecular formula is C22H20ClN5O7S2. The Bertz CT molecular complexity index is 1340. The van der Waals surface area contributed by atoms with E-state index >= 15 is 0 Å². The summed E-state index contributed by atoms with van der Waals surface area (Å²) in [6.07, 6.45) is 3.50. The molecule has 4 N–H and O–H groups in total. The molecule has 1 fully saturated rings. The molecule has 0 saturated carbocycles. The van der Waals surface area contributed by atoms with E-state index in [1.54, 1.807) is 23.8 Å². The Morgan fingerprint density at radius 2 is 1.78 bits per heavy atom. The van der Waals surface area contributed by atoms with Gasteiger partial charge < -0.3 is 11.1 Å². The molecule has 0 bridgehead atoms. The van der Waals surface area contributed by atoms with E-state index in [0.717, 1.165) is 11.3 Å². The maximum atomic E-state index is 13.0. The van der Waals surface area contributed by atoms with Crippen LogP contribution in [-0.4, -0.2) is 63.5 Å². The maximum Gasteiger partial charge on any atom is 0.362 e. The number of hydrogen-bond acceptors (Lipinski definition) is 8. The second kappa shape index (κ2) is 11.9. The molecule has 0 spiro atoms. The number of rotatable bonds is 6. The zero-order valence-electron chi connectivity index (χ0n) is 18.8. The van der Waals surface area contributed by atoms with E-state index in [0.29, 0.717) is 9.92 Å². The van der Waals surface area contributed by atoms with E-state index in [9.17, 15) is 27.6 Å². The van der Waals surface area contributed by atoms with E-state index in [-0.39, 0.29) is 14.7 Å². The molecule has 1 aliphatic heterocycles. The average molecular weight is 566 g/mol. The molecule has 5 amide bonds. The number of carbonyl (C=O) groups excluding carboxylic acids is 4.